The maximum Gasteiger partial charge on any atom is 0.340 e. The van der Waals surface area contributed by atoms with Crippen LogP contribution in [-0.4, -0.2) is 11.7 Å². The molecule has 152 valence electrons. The Bertz CT molecular complexity index is 1370. The number of nitrogens with one attached hydrogen (secondary N) is 1. The lowest BCUT2D eigenvalue weighted by molar-refractivity contribution is -0.115. The van der Waals surface area contributed by atoms with Crippen LogP contribution >= 0.6 is 0 Å². The normalized spacial score (nSPS) is 11.2. The molecular weight excluding hydrogens is 382 g/mol. The molecule has 6 nitrogen and oxygen atoms in total. The van der Waals surface area contributed by atoms with Crippen molar-refractivity contribution in [3.8, 4) is 0 Å². The SMILES string of the molecule is CC(=O)c1ccc(NC(=O)Cc2c(C)c3cc4c(C)c(C)oc4cc3oc2=O)cc1. The summed E-state index contributed by atoms with van der Waals surface area (Å²) >= 11 is 0. The number of carbonyl (C=O) groups excluding carboxylic acids is 2. The van der Waals surface area contributed by atoms with E-state index in [1.807, 2.05) is 26.8 Å². The third-order valence-electron chi connectivity index (χ3n) is 5.50. The van der Waals surface area contributed by atoms with Crippen LogP contribution in [0.5, 0.6) is 0 Å². The highest BCUT2D eigenvalue weighted by Gasteiger charge is 2.17. The van der Waals surface area contributed by atoms with E-state index < -0.39 is 5.63 Å². The van der Waals surface area contributed by atoms with Gasteiger partial charge < -0.3 is 14.2 Å². The second kappa shape index (κ2) is 7.30. The minimum absolute atomic E-state index is 0.0468. The van der Waals surface area contributed by atoms with Crippen LogP contribution in [-0.2, 0) is 11.2 Å². The lowest BCUT2D eigenvalue weighted by atomic mass is 10.0. The molecule has 2 aromatic carbocycles. The van der Waals surface area contributed by atoms with Crippen LogP contribution in [0.1, 0.15) is 39.7 Å². The highest BCUT2D eigenvalue weighted by molar-refractivity contribution is 5.98. The summed E-state index contributed by atoms with van der Waals surface area (Å²) < 4.78 is 11.2. The fraction of sp³-hybridized carbons (Fsp3) is 0.208. The third-order valence-corrected chi connectivity index (χ3v) is 5.50. The molecule has 0 atom stereocenters. The van der Waals surface area contributed by atoms with Crippen LogP contribution in [0.4, 0.5) is 5.69 Å². The molecule has 0 saturated heterocycles. The molecule has 2 aromatic heterocycles. The molecule has 0 bridgehead atoms. The van der Waals surface area contributed by atoms with E-state index in [-0.39, 0.29) is 18.1 Å². The molecule has 0 aliphatic heterocycles. The summed E-state index contributed by atoms with van der Waals surface area (Å²) in [6.07, 6.45) is -0.111. The quantitative estimate of drug-likeness (QED) is 0.389. The molecule has 1 N–H and O–H groups in total. The van der Waals surface area contributed by atoms with Crippen molar-refractivity contribution in [2.75, 3.05) is 5.32 Å². The molecular formula is C24H21NO5. The molecule has 30 heavy (non-hydrogen) atoms. The van der Waals surface area contributed by atoms with Crippen molar-refractivity contribution in [3.63, 3.8) is 0 Å². The molecule has 4 rings (SSSR count). The van der Waals surface area contributed by atoms with E-state index in [4.69, 9.17) is 8.83 Å². The van der Waals surface area contributed by atoms with Crippen molar-refractivity contribution in [1.29, 1.82) is 0 Å². The number of amides is 1. The second-order valence-corrected chi connectivity index (χ2v) is 7.48. The summed E-state index contributed by atoms with van der Waals surface area (Å²) in [5.74, 6) is 0.432. The monoisotopic (exact) mass is 403 g/mol. The van der Waals surface area contributed by atoms with E-state index in [9.17, 15) is 14.4 Å². The van der Waals surface area contributed by atoms with Gasteiger partial charge in [-0.05, 0) is 69.2 Å². The summed E-state index contributed by atoms with van der Waals surface area (Å²) in [5, 5.41) is 4.49. The minimum atomic E-state index is -0.540. The zero-order chi connectivity index (χ0) is 21.6. The number of rotatable bonds is 4. The first-order chi connectivity index (χ1) is 14.2. The van der Waals surface area contributed by atoms with E-state index in [1.165, 1.54) is 6.92 Å². The van der Waals surface area contributed by atoms with Crippen LogP contribution in [0.2, 0.25) is 0 Å². The van der Waals surface area contributed by atoms with Gasteiger partial charge in [0.2, 0.25) is 5.91 Å². The highest BCUT2D eigenvalue weighted by atomic mass is 16.4. The second-order valence-electron chi connectivity index (χ2n) is 7.48. The molecule has 0 saturated carbocycles. The van der Waals surface area contributed by atoms with E-state index in [0.717, 1.165) is 22.1 Å². The predicted octanol–water partition coefficient (Wildman–Crippen LogP) is 4.85. The van der Waals surface area contributed by atoms with Gasteiger partial charge in [0.05, 0.1) is 12.0 Å². The van der Waals surface area contributed by atoms with Crippen LogP contribution < -0.4 is 10.9 Å². The summed E-state index contributed by atoms with van der Waals surface area (Å²) in [6, 6.07) is 10.3. The largest absolute Gasteiger partial charge is 0.461 e. The van der Waals surface area contributed by atoms with Crippen LogP contribution in [0.25, 0.3) is 21.9 Å². The molecule has 0 aliphatic carbocycles. The van der Waals surface area contributed by atoms with Crippen molar-refractivity contribution >= 4 is 39.3 Å². The van der Waals surface area contributed by atoms with Gasteiger partial charge in [-0.25, -0.2) is 4.79 Å². The Balaban J connectivity index is 1.67. The van der Waals surface area contributed by atoms with E-state index in [1.54, 1.807) is 30.3 Å². The summed E-state index contributed by atoms with van der Waals surface area (Å²) in [7, 11) is 0. The number of hydrogen-bond acceptors (Lipinski definition) is 5. The van der Waals surface area contributed by atoms with Gasteiger partial charge in [0.15, 0.2) is 5.78 Å². The first-order valence-electron chi connectivity index (χ1n) is 9.61. The average molecular weight is 403 g/mol. The Hall–Kier alpha value is -3.67. The van der Waals surface area contributed by atoms with Crippen LogP contribution in [0, 0.1) is 20.8 Å². The molecule has 0 fully saturated rings. The number of anilines is 1. The van der Waals surface area contributed by atoms with Gasteiger partial charge >= 0.3 is 5.63 Å². The minimum Gasteiger partial charge on any atom is -0.461 e. The molecule has 0 radical (unpaired) electrons. The van der Waals surface area contributed by atoms with Crippen molar-refractivity contribution < 1.29 is 18.4 Å². The number of aryl methyl sites for hydroxylation is 3. The smallest absolute Gasteiger partial charge is 0.340 e. The average Bonchev–Trinajstić information content (AvgIpc) is 2.97. The standard InChI is InChI=1S/C24H21NO5/c1-12-15(4)29-21-11-22-19(9-18(12)21)13(2)20(24(28)30-22)10-23(27)25-17-7-5-16(6-8-17)14(3)26/h5-9,11H,10H2,1-4H3,(H,25,27). The van der Waals surface area contributed by atoms with Gasteiger partial charge in [0.1, 0.15) is 16.9 Å². The van der Waals surface area contributed by atoms with Gasteiger partial charge in [0, 0.05) is 28.1 Å². The number of benzene rings is 2. The Morgan fingerprint density at radius 1 is 0.900 bits per heavy atom. The van der Waals surface area contributed by atoms with Crippen LogP contribution in [0.3, 0.4) is 0 Å². The number of Topliss-reactive ketones (excluding diaryl/α,β-unsaturated/α-hetero) is 1. The van der Waals surface area contributed by atoms with Crippen molar-refractivity contribution in [1.82, 2.24) is 0 Å². The van der Waals surface area contributed by atoms with Crippen molar-refractivity contribution in [2.45, 2.75) is 34.1 Å². The van der Waals surface area contributed by atoms with Gasteiger partial charge in [-0.15, -0.1) is 0 Å². The maximum atomic E-state index is 12.6. The topological polar surface area (TPSA) is 89.5 Å². The number of fused-ring (bicyclic) bond motifs is 2. The highest BCUT2D eigenvalue weighted by Crippen LogP contribution is 2.31. The Morgan fingerprint density at radius 2 is 1.53 bits per heavy atom. The summed E-state index contributed by atoms with van der Waals surface area (Å²) in [4.78, 5) is 36.5. The summed E-state index contributed by atoms with van der Waals surface area (Å²) in [6.45, 7) is 7.17. The summed E-state index contributed by atoms with van der Waals surface area (Å²) in [5.41, 5.74) is 3.74. The molecule has 0 unspecified atom stereocenters. The predicted molar refractivity (Wildman–Crippen MR) is 115 cm³/mol. The van der Waals surface area contributed by atoms with Gasteiger partial charge in [-0.1, -0.05) is 0 Å². The fourth-order valence-corrected chi connectivity index (χ4v) is 3.58. The molecule has 0 spiro atoms. The van der Waals surface area contributed by atoms with Crippen LogP contribution in [0.15, 0.2) is 50.0 Å². The zero-order valence-corrected chi connectivity index (χ0v) is 17.2. The fourth-order valence-electron chi connectivity index (χ4n) is 3.58. The lowest BCUT2D eigenvalue weighted by Gasteiger charge is -2.09. The molecule has 2 heterocycles. The van der Waals surface area contributed by atoms with Gasteiger partial charge in [-0.2, -0.15) is 0 Å². The molecule has 4 aromatic rings. The van der Waals surface area contributed by atoms with E-state index in [2.05, 4.69) is 5.32 Å². The van der Waals surface area contributed by atoms with E-state index >= 15 is 0 Å². The van der Waals surface area contributed by atoms with Crippen molar-refractivity contribution in [2.24, 2.45) is 0 Å². The first-order valence-corrected chi connectivity index (χ1v) is 9.61. The Kier molecular flexibility index (Phi) is 4.78. The van der Waals surface area contributed by atoms with Gasteiger partial charge in [-0.3, -0.25) is 9.59 Å². The Labute approximate surface area is 172 Å². The zero-order valence-electron chi connectivity index (χ0n) is 17.2. The third kappa shape index (κ3) is 3.41. The Morgan fingerprint density at radius 3 is 2.20 bits per heavy atom. The van der Waals surface area contributed by atoms with Gasteiger partial charge in [0.25, 0.3) is 0 Å². The first kappa shape index (κ1) is 19.6. The lowest BCUT2D eigenvalue weighted by Crippen LogP contribution is -2.20. The molecule has 1 amide bonds. The number of ketones is 1. The number of hydrogen-bond donors (Lipinski definition) is 1. The maximum absolute atomic E-state index is 12.6. The number of carbonyl (C=O) groups is 2. The van der Waals surface area contributed by atoms with Crippen molar-refractivity contribution in [3.05, 3.63) is 74.8 Å². The van der Waals surface area contributed by atoms with E-state index in [0.29, 0.717) is 33.5 Å². The number of furan rings is 1. The molecule has 0 aliphatic rings. The molecule has 6 heteroatoms.